The maximum atomic E-state index is 12.6. The Hall–Kier alpha value is -2.64. The van der Waals surface area contributed by atoms with Gasteiger partial charge in [-0.2, -0.15) is 0 Å². The number of Topliss-reactive ketones (excluding diaryl/α,β-unsaturated/α-hetero) is 1. The van der Waals surface area contributed by atoms with Crippen LogP contribution in [0.25, 0.3) is 5.13 Å². The molecule has 0 aliphatic heterocycles. The van der Waals surface area contributed by atoms with Gasteiger partial charge in [-0.15, -0.1) is 11.3 Å². The first kappa shape index (κ1) is 18.2. The minimum atomic E-state index is -0.670. The smallest absolute Gasteiger partial charge is 0.252 e. The number of carbonyl (C=O) groups excluding carboxylic acids is 2. The summed E-state index contributed by atoms with van der Waals surface area (Å²) in [5.41, 5.74) is 7.71. The van der Waals surface area contributed by atoms with Gasteiger partial charge in [0, 0.05) is 33.6 Å². The van der Waals surface area contributed by atoms with Crippen molar-refractivity contribution in [2.24, 2.45) is 5.73 Å². The summed E-state index contributed by atoms with van der Waals surface area (Å²) in [7, 11) is 0. The van der Waals surface area contributed by atoms with Crippen molar-refractivity contribution in [3.05, 3.63) is 63.4 Å². The third kappa shape index (κ3) is 3.49. The van der Waals surface area contributed by atoms with E-state index in [9.17, 15) is 9.59 Å². The first-order valence-corrected chi connectivity index (χ1v) is 8.98. The normalized spacial score (nSPS) is 10.7. The summed E-state index contributed by atoms with van der Waals surface area (Å²) in [6.07, 6.45) is 1.72. The van der Waals surface area contributed by atoms with Crippen LogP contribution in [0.4, 0.5) is 0 Å². The number of aryl methyl sites for hydroxylation is 1. The highest BCUT2D eigenvalue weighted by Crippen LogP contribution is 2.25. The second-order valence-corrected chi connectivity index (χ2v) is 6.96. The Labute approximate surface area is 159 Å². The Morgan fingerprint density at radius 1 is 1.27 bits per heavy atom. The number of halogens is 1. The molecule has 0 aliphatic carbocycles. The predicted octanol–water partition coefficient (Wildman–Crippen LogP) is 3.56. The van der Waals surface area contributed by atoms with Crippen LogP contribution in [0, 0.1) is 13.8 Å². The molecular weight excluding hydrogens is 374 g/mol. The van der Waals surface area contributed by atoms with Crippen LogP contribution >= 0.6 is 22.9 Å². The lowest BCUT2D eigenvalue weighted by atomic mass is 10.1. The van der Waals surface area contributed by atoms with Gasteiger partial charge in [0.15, 0.2) is 11.7 Å². The highest BCUT2D eigenvalue weighted by Gasteiger charge is 2.19. The molecule has 0 saturated heterocycles. The molecule has 26 heavy (non-hydrogen) atoms. The molecule has 8 heteroatoms. The van der Waals surface area contributed by atoms with Crippen LogP contribution in [0.1, 0.15) is 32.1 Å². The van der Waals surface area contributed by atoms with E-state index in [1.807, 2.05) is 23.8 Å². The summed E-state index contributed by atoms with van der Waals surface area (Å²) in [6.45, 7) is 3.55. The van der Waals surface area contributed by atoms with Crippen molar-refractivity contribution >= 4 is 34.6 Å². The van der Waals surface area contributed by atoms with Crippen LogP contribution in [0.2, 0.25) is 5.02 Å². The first-order valence-electron chi connectivity index (χ1n) is 7.72. The molecule has 6 nitrogen and oxygen atoms in total. The van der Waals surface area contributed by atoms with E-state index in [1.165, 1.54) is 23.5 Å². The zero-order valence-electron chi connectivity index (χ0n) is 14.2. The van der Waals surface area contributed by atoms with Gasteiger partial charge in [-0.25, -0.2) is 4.98 Å². The van der Waals surface area contributed by atoms with Gasteiger partial charge >= 0.3 is 0 Å². The van der Waals surface area contributed by atoms with Gasteiger partial charge in [-0.3, -0.25) is 14.2 Å². The number of primary amides is 1. The molecule has 0 radical (unpaired) electrons. The van der Waals surface area contributed by atoms with Crippen LogP contribution < -0.4 is 10.5 Å². The van der Waals surface area contributed by atoms with E-state index in [-0.39, 0.29) is 23.7 Å². The second-order valence-electron chi connectivity index (χ2n) is 5.65. The zero-order valence-corrected chi connectivity index (χ0v) is 15.7. The van der Waals surface area contributed by atoms with Crippen LogP contribution in [-0.2, 0) is 0 Å². The highest BCUT2D eigenvalue weighted by atomic mass is 35.5. The quantitative estimate of drug-likeness (QED) is 0.653. The van der Waals surface area contributed by atoms with Gasteiger partial charge in [0.2, 0.25) is 5.78 Å². The van der Waals surface area contributed by atoms with E-state index in [0.717, 1.165) is 16.5 Å². The lowest BCUT2D eigenvalue weighted by molar-refractivity contribution is 0.0911. The van der Waals surface area contributed by atoms with Gasteiger partial charge in [0.25, 0.3) is 5.91 Å². The monoisotopic (exact) mass is 389 g/mol. The van der Waals surface area contributed by atoms with Crippen molar-refractivity contribution in [1.82, 2.24) is 9.55 Å². The third-order valence-corrected chi connectivity index (χ3v) is 4.90. The fourth-order valence-corrected chi connectivity index (χ4v) is 3.63. The standard InChI is InChI=1S/C18H16ClN3O3S/c1-10-7-13(11(2)22(10)18-21-5-6-26-18)15(23)9-25-16-4-3-12(19)8-14(16)17(20)24/h3-8H,9H2,1-2H3,(H2,20,24). The molecule has 134 valence electrons. The van der Waals surface area contributed by atoms with Gasteiger partial charge in [0.1, 0.15) is 5.75 Å². The van der Waals surface area contributed by atoms with Crippen molar-refractivity contribution in [3.63, 3.8) is 0 Å². The molecule has 0 unspecified atom stereocenters. The zero-order chi connectivity index (χ0) is 18.8. The van der Waals surface area contributed by atoms with Crippen LogP contribution in [0.5, 0.6) is 5.75 Å². The lowest BCUT2D eigenvalue weighted by Crippen LogP contribution is -2.17. The van der Waals surface area contributed by atoms with Gasteiger partial charge in [-0.05, 0) is 38.1 Å². The Morgan fingerprint density at radius 3 is 2.69 bits per heavy atom. The second kappa shape index (κ2) is 7.31. The summed E-state index contributed by atoms with van der Waals surface area (Å²) in [5.74, 6) is -0.646. The number of hydrogen-bond acceptors (Lipinski definition) is 5. The SMILES string of the molecule is Cc1cc(C(=O)COc2ccc(Cl)cc2C(N)=O)c(C)n1-c1nccs1. The Kier molecular flexibility index (Phi) is 5.11. The third-order valence-electron chi connectivity index (χ3n) is 3.91. The fraction of sp³-hybridized carbons (Fsp3) is 0.167. The number of thiazole rings is 1. The molecule has 3 aromatic rings. The van der Waals surface area contributed by atoms with E-state index in [2.05, 4.69) is 4.98 Å². The number of nitrogens with two attached hydrogens (primary N) is 1. The highest BCUT2D eigenvalue weighted by molar-refractivity contribution is 7.12. The lowest BCUT2D eigenvalue weighted by Gasteiger charge is -2.10. The molecule has 0 fully saturated rings. The van der Waals surface area contributed by atoms with Crippen molar-refractivity contribution in [2.75, 3.05) is 6.61 Å². The van der Waals surface area contributed by atoms with E-state index in [1.54, 1.807) is 18.3 Å². The maximum Gasteiger partial charge on any atom is 0.252 e. The van der Waals surface area contributed by atoms with Crippen LogP contribution in [-0.4, -0.2) is 27.8 Å². The number of hydrogen-bond donors (Lipinski definition) is 1. The Bertz CT molecular complexity index is 980. The van der Waals surface area contributed by atoms with E-state index < -0.39 is 5.91 Å². The summed E-state index contributed by atoms with van der Waals surface area (Å²) < 4.78 is 7.46. The molecule has 0 saturated carbocycles. The average Bonchev–Trinajstić information content (AvgIpc) is 3.21. The minimum Gasteiger partial charge on any atom is -0.485 e. The molecule has 0 spiro atoms. The van der Waals surface area contributed by atoms with Crippen LogP contribution in [0.3, 0.4) is 0 Å². The minimum absolute atomic E-state index is 0.138. The first-order chi connectivity index (χ1) is 12.4. The molecule has 0 aliphatic rings. The number of ether oxygens (including phenoxy) is 1. The number of aromatic nitrogens is 2. The van der Waals surface area contributed by atoms with Gasteiger partial charge in [0.05, 0.1) is 5.56 Å². The van der Waals surface area contributed by atoms with Crippen molar-refractivity contribution in [3.8, 4) is 10.9 Å². The largest absolute Gasteiger partial charge is 0.485 e. The maximum absolute atomic E-state index is 12.6. The van der Waals surface area contributed by atoms with Crippen molar-refractivity contribution in [2.45, 2.75) is 13.8 Å². The topological polar surface area (TPSA) is 87.2 Å². The van der Waals surface area contributed by atoms with Gasteiger partial charge in [-0.1, -0.05) is 11.6 Å². The molecule has 1 aromatic carbocycles. The Morgan fingerprint density at radius 2 is 2.04 bits per heavy atom. The number of rotatable bonds is 6. The van der Waals surface area contributed by atoms with Gasteiger partial charge < -0.3 is 10.5 Å². The fourth-order valence-electron chi connectivity index (χ4n) is 2.71. The van der Waals surface area contributed by atoms with Crippen molar-refractivity contribution < 1.29 is 14.3 Å². The summed E-state index contributed by atoms with van der Waals surface area (Å²) in [5, 5.41) is 3.04. The molecule has 0 bridgehead atoms. The number of benzene rings is 1. The van der Waals surface area contributed by atoms with E-state index in [4.69, 9.17) is 22.1 Å². The molecule has 2 heterocycles. The molecule has 2 N–H and O–H groups in total. The Balaban J connectivity index is 1.82. The average molecular weight is 390 g/mol. The molecule has 0 atom stereocenters. The number of nitrogens with zero attached hydrogens (tertiary/aromatic N) is 2. The summed E-state index contributed by atoms with van der Waals surface area (Å²) in [4.78, 5) is 28.4. The molecular formula is C18H16ClN3O3S. The number of carbonyl (C=O) groups is 2. The number of ketones is 1. The molecule has 3 rings (SSSR count). The summed E-state index contributed by atoms with van der Waals surface area (Å²) in [6, 6.07) is 6.31. The van der Waals surface area contributed by atoms with E-state index >= 15 is 0 Å². The molecule has 2 aromatic heterocycles. The molecule has 1 amide bonds. The van der Waals surface area contributed by atoms with Crippen molar-refractivity contribution in [1.29, 1.82) is 0 Å². The number of amides is 1. The van der Waals surface area contributed by atoms with Crippen LogP contribution in [0.15, 0.2) is 35.8 Å². The van der Waals surface area contributed by atoms with E-state index in [0.29, 0.717) is 10.6 Å². The predicted molar refractivity (Wildman–Crippen MR) is 101 cm³/mol. The summed E-state index contributed by atoms with van der Waals surface area (Å²) >= 11 is 7.36.